The Balaban J connectivity index is 1.37. The van der Waals surface area contributed by atoms with E-state index in [0.29, 0.717) is 19.4 Å². The second-order valence-electron chi connectivity index (χ2n) is 6.01. The molecule has 3 rings (SSSR count). The number of rotatable bonds is 8. The molecule has 1 aromatic heterocycles. The summed E-state index contributed by atoms with van der Waals surface area (Å²) >= 11 is 0. The zero-order chi connectivity index (χ0) is 17.5. The first-order valence-electron chi connectivity index (χ1n) is 8.58. The molecule has 0 bridgehead atoms. The standard InChI is InChI=1S/C20H23N3O2/c1-25-16-7-4-6-15(14-16)11-12-20(24)21-13-5-10-19-22-17-8-2-3-9-18(17)23-19/h2-4,6-9,14H,5,10-13H2,1H3,(H,21,24)(H,22,23). The van der Waals surface area contributed by atoms with Crippen molar-refractivity contribution in [1.82, 2.24) is 15.3 Å². The number of aromatic amines is 1. The largest absolute Gasteiger partial charge is 0.497 e. The molecule has 130 valence electrons. The highest BCUT2D eigenvalue weighted by atomic mass is 16.5. The zero-order valence-electron chi connectivity index (χ0n) is 14.4. The summed E-state index contributed by atoms with van der Waals surface area (Å²) in [6.45, 7) is 0.661. The number of fused-ring (bicyclic) bond motifs is 1. The fourth-order valence-corrected chi connectivity index (χ4v) is 2.78. The number of hydrogen-bond donors (Lipinski definition) is 2. The number of methoxy groups -OCH3 is 1. The van der Waals surface area contributed by atoms with Crippen molar-refractivity contribution in [2.75, 3.05) is 13.7 Å². The van der Waals surface area contributed by atoms with Crippen molar-refractivity contribution < 1.29 is 9.53 Å². The Morgan fingerprint density at radius 2 is 2.04 bits per heavy atom. The Hall–Kier alpha value is -2.82. The van der Waals surface area contributed by atoms with E-state index in [1.54, 1.807) is 7.11 Å². The monoisotopic (exact) mass is 337 g/mol. The van der Waals surface area contributed by atoms with Crippen LogP contribution in [0.2, 0.25) is 0 Å². The van der Waals surface area contributed by atoms with Crippen LogP contribution in [0.5, 0.6) is 5.75 Å². The molecule has 0 aliphatic rings. The predicted octanol–water partition coefficient (Wildman–Crippen LogP) is 3.25. The molecule has 3 aromatic rings. The molecule has 5 heteroatoms. The highest BCUT2D eigenvalue weighted by Crippen LogP contribution is 2.14. The third-order valence-corrected chi connectivity index (χ3v) is 4.13. The van der Waals surface area contributed by atoms with Crippen molar-refractivity contribution in [2.45, 2.75) is 25.7 Å². The summed E-state index contributed by atoms with van der Waals surface area (Å²) in [5.74, 6) is 1.86. The van der Waals surface area contributed by atoms with E-state index in [-0.39, 0.29) is 5.91 Å². The maximum atomic E-state index is 12.0. The topological polar surface area (TPSA) is 67.0 Å². The van der Waals surface area contributed by atoms with Crippen LogP contribution < -0.4 is 10.1 Å². The molecule has 0 atom stereocenters. The first kappa shape index (κ1) is 17.0. The number of hydrogen-bond acceptors (Lipinski definition) is 3. The van der Waals surface area contributed by atoms with E-state index in [4.69, 9.17) is 4.74 Å². The predicted molar refractivity (Wildman–Crippen MR) is 98.7 cm³/mol. The number of nitrogens with one attached hydrogen (secondary N) is 2. The number of amides is 1. The van der Waals surface area contributed by atoms with E-state index in [9.17, 15) is 4.79 Å². The van der Waals surface area contributed by atoms with Crippen LogP contribution in [0.1, 0.15) is 24.2 Å². The minimum Gasteiger partial charge on any atom is -0.497 e. The number of aromatic nitrogens is 2. The van der Waals surface area contributed by atoms with Gasteiger partial charge in [-0.15, -0.1) is 0 Å². The number of nitrogens with zero attached hydrogens (tertiary/aromatic N) is 1. The van der Waals surface area contributed by atoms with Crippen LogP contribution in [0.3, 0.4) is 0 Å². The number of carbonyl (C=O) groups is 1. The quantitative estimate of drug-likeness (QED) is 0.620. The summed E-state index contributed by atoms with van der Waals surface area (Å²) in [4.78, 5) is 19.8. The number of benzene rings is 2. The molecule has 0 aliphatic heterocycles. The van der Waals surface area contributed by atoms with Crippen molar-refractivity contribution >= 4 is 16.9 Å². The minimum absolute atomic E-state index is 0.0763. The SMILES string of the molecule is COc1cccc(CCC(=O)NCCCc2nc3ccccc3[nH]2)c1. The van der Waals surface area contributed by atoms with E-state index in [1.165, 1.54) is 0 Å². The van der Waals surface area contributed by atoms with Crippen LogP contribution in [0, 0.1) is 0 Å². The van der Waals surface area contributed by atoms with E-state index in [2.05, 4.69) is 15.3 Å². The molecule has 1 amide bonds. The molecule has 0 unspecified atom stereocenters. The fraction of sp³-hybridized carbons (Fsp3) is 0.300. The molecule has 0 saturated heterocycles. The summed E-state index contributed by atoms with van der Waals surface area (Å²) in [6.07, 6.45) is 2.89. The molecule has 1 heterocycles. The van der Waals surface area contributed by atoms with Crippen molar-refractivity contribution in [3.63, 3.8) is 0 Å². The lowest BCUT2D eigenvalue weighted by atomic mass is 10.1. The highest BCUT2D eigenvalue weighted by Gasteiger charge is 2.05. The van der Waals surface area contributed by atoms with Crippen LogP contribution >= 0.6 is 0 Å². The van der Waals surface area contributed by atoms with Gasteiger partial charge >= 0.3 is 0 Å². The Labute approximate surface area is 147 Å². The smallest absolute Gasteiger partial charge is 0.220 e. The second-order valence-corrected chi connectivity index (χ2v) is 6.01. The van der Waals surface area contributed by atoms with Gasteiger partial charge in [0.1, 0.15) is 11.6 Å². The van der Waals surface area contributed by atoms with Gasteiger partial charge in [-0.05, 0) is 42.7 Å². The zero-order valence-corrected chi connectivity index (χ0v) is 14.4. The average molecular weight is 337 g/mol. The molecular weight excluding hydrogens is 314 g/mol. The van der Waals surface area contributed by atoms with Crippen molar-refractivity contribution in [1.29, 1.82) is 0 Å². The Morgan fingerprint density at radius 3 is 2.88 bits per heavy atom. The van der Waals surface area contributed by atoms with Gasteiger partial charge in [-0.2, -0.15) is 0 Å². The normalized spacial score (nSPS) is 10.8. The number of para-hydroxylation sites is 2. The van der Waals surface area contributed by atoms with Crippen molar-refractivity contribution in [3.05, 3.63) is 59.9 Å². The highest BCUT2D eigenvalue weighted by molar-refractivity contribution is 5.76. The number of aryl methyl sites for hydroxylation is 2. The van der Waals surface area contributed by atoms with E-state index in [1.807, 2.05) is 48.5 Å². The van der Waals surface area contributed by atoms with Crippen LogP contribution in [0.4, 0.5) is 0 Å². The molecule has 5 nitrogen and oxygen atoms in total. The molecule has 0 fully saturated rings. The van der Waals surface area contributed by atoms with Gasteiger partial charge in [0.25, 0.3) is 0 Å². The van der Waals surface area contributed by atoms with Crippen LogP contribution in [-0.2, 0) is 17.6 Å². The van der Waals surface area contributed by atoms with E-state index < -0.39 is 0 Å². The summed E-state index contributed by atoms with van der Waals surface area (Å²) in [7, 11) is 1.65. The van der Waals surface area contributed by atoms with Gasteiger partial charge in [0.15, 0.2) is 0 Å². The maximum absolute atomic E-state index is 12.0. The van der Waals surface area contributed by atoms with Gasteiger partial charge in [-0.1, -0.05) is 24.3 Å². The van der Waals surface area contributed by atoms with Gasteiger partial charge < -0.3 is 15.0 Å². The lowest BCUT2D eigenvalue weighted by Crippen LogP contribution is -2.25. The lowest BCUT2D eigenvalue weighted by molar-refractivity contribution is -0.121. The molecule has 2 N–H and O–H groups in total. The Morgan fingerprint density at radius 1 is 1.16 bits per heavy atom. The lowest BCUT2D eigenvalue weighted by Gasteiger charge is -2.06. The van der Waals surface area contributed by atoms with Gasteiger partial charge in [-0.25, -0.2) is 4.98 Å². The minimum atomic E-state index is 0.0763. The average Bonchev–Trinajstić information content (AvgIpc) is 3.06. The molecule has 0 spiro atoms. The molecule has 2 aromatic carbocycles. The van der Waals surface area contributed by atoms with Gasteiger partial charge in [-0.3, -0.25) is 4.79 Å². The Bertz CT molecular complexity index is 809. The maximum Gasteiger partial charge on any atom is 0.220 e. The van der Waals surface area contributed by atoms with Gasteiger partial charge in [0, 0.05) is 19.4 Å². The fourth-order valence-electron chi connectivity index (χ4n) is 2.78. The summed E-state index contributed by atoms with van der Waals surface area (Å²) in [5, 5.41) is 2.97. The third-order valence-electron chi connectivity index (χ3n) is 4.13. The van der Waals surface area contributed by atoms with E-state index >= 15 is 0 Å². The van der Waals surface area contributed by atoms with Crippen LogP contribution in [0.15, 0.2) is 48.5 Å². The second kappa shape index (κ2) is 8.33. The number of carbonyl (C=O) groups excluding carboxylic acids is 1. The number of ether oxygens (including phenoxy) is 1. The molecule has 25 heavy (non-hydrogen) atoms. The van der Waals surface area contributed by atoms with Gasteiger partial charge in [0.05, 0.1) is 18.1 Å². The van der Waals surface area contributed by atoms with Crippen LogP contribution in [0.25, 0.3) is 11.0 Å². The van der Waals surface area contributed by atoms with Crippen molar-refractivity contribution in [3.8, 4) is 5.75 Å². The van der Waals surface area contributed by atoms with Gasteiger partial charge in [0.2, 0.25) is 5.91 Å². The molecule has 0 radical (unpaired) electrons. The number of H-pyrrole nitrogens is 1. The van der Waals surface area contributed by atoms with Crippen LogP contribution in [-0.4, -0.2) is 29.5 Å². The summed E-state index contributed by atoms with van der Waals surface area (Å²) in [5.41, 5.74) is 3.15. The number of imidazole rings is 1. The summed E-state index contributed by atoms with van der Waals surface area (Å²) in [6, 6.07) is 15.8. The molecule has 0 saturated carbocycles. The Kier molecular flexibility index (Phi) is 5.67. The first-order chi connectivity index (χ1) is 12.2. The summed E-state index contributed by atoms with van der Waals surface area (Å²) < 4.78 is 5.20. The molecular formula is C20H23N3O2. The van der Waals surface area contributed by atoms with Crippen molar-refractivity contribution in [2.24, 2.45) is 0 Å². The van der Waals surface area contributed by atoms with E-state index in [0.717, 1.165) is 41.0 Å². The molecule has 0 aliphatic carbocycles. The first-order valence-corrected chi connectivity index (χ1v) is 8.58. The third kappa shape index (κ3) is 4.83.